The van der Waals surface area contributed by atoms with Crippen molar-refractivity contribution in [1.29, 1.82) is 0 Å². The van der Waals surface area contributed by atoms with Crippen molar-refractivity contribution in [3.63, 3.8) is 0 Å². The summed E-state index contributed by atoms with van der Waals surface area (Å²) in [6, 6.07) is 0. The van der Waals surface area contributed by atoms with Crippen molar-refractivity contribution in [3.8, 4) is 0 Å². The fraction of sp³-hybridized carbons (Fsp3) is 0.900. The molecule has 0 amide bonds. The van der Waals surface area contributed by atoms with Crippen LogP contribution in [0.2, 0.25) is 0 Å². The molecule has 0 spiro atoms. The lowest BCUT2D eigenvalue weighted by atomic mass is 10.1. The van der Waals surface area contributed by atoms with Crippen LogP contribution in [0, 0.1) is 5.92 Å². The molecule has 14 heavy (non-hydrogen) atoms. The Morgan fingerprint density at radius 2 is 1.71 bits per heavy atom. The average molecular weight is 204 g/mol. The number of rotatable bonds is 6. The highest BCUT2D eigenvalue weighted by Crippen LogP contribution is 2.15. The first-order chi connectivity index (χ1) is 6.56. The molecule has 0 aliphatic rings. The van der Waals surface area contributed by atoms with Gasteiger partial charge in [-0.2, -0.15) is 0 Å². The van der Waals surface area contributed by atoms with Gasteiger partial charge in [0, 0.05) is 14.2 Å². The van der Waals surface area contributed by atoms with Crippen molar-refractivity contribution in [2.24, 2.45) is 5.92 Å². The van der Waals surface area contributed by atoms with Gasteiger partial charge in [0.05, 0.1) is 6.10 Å². The van der Waals surface area contributed by atoms with Gasteiger partial charge in [-0.1, -0.05) is 6.92 Å². The van der Waals surface area contributed by atoms with E-state index in [4.69, 9.17) is 14.2 Å². The number of carbonyl (C=O) groups is 1. The van der Waals surface area contributed by atoms with E-state index in [9.17, 15) is 4.79 Å². The van der Waals surface area contributed by atoms with Gasteiger partial charge in [0.2, 0.25) is 0 Å². The van der Waals surface area contributed by atoms with Gasteiger partial charge in [-0.25, -0.2) is 0 Å². The van der Waals surface area contributed by atoms with Gasteiger partial charge >= 0.3 is 5.97 Å². The molecule has 0 aliphatic heterocycles. The first kappa shape index (κ1) is 13.4. The smallest absolute Gasteiger partial charge is 0.314 e. The molecule has 0 fully saturated rings. The van der Waals surface area contributed by atoms with Crippen molar-refractivity contribution < 1.29 is 19.0 Å². The molecule has 0 bridgehead atoms. The predicted octanol–water partition coefficient (Wildman–Crippen LogP) is 1.58. The predicted molar refractivity (Wildman–Crippen MR) is 52.8 cm³/mol. The molecule has 0 aromatic heterocycles. The summed E-state index contributed by atoms with van der Waals surface area (Å²) in [7, 11) is 3.03. The third-order valence-corrected chi connectivity index (χ3v) is 1.89. The Balaban J connectivity index is 4.30. The van der Waals surface area contributed by atoms with E-state index >= 15 is 0 Å². The number of methoxy groups -OCH3 is 2. The first-order valence-electron chi connectivity index (χ1n) is 4.82. The molecule has 0 aliphatic carbocycles. The van der Waals surface area contributed by atoms with Gasteiger partial charge in [-0.15, -0.1) is 0 Å². The van der Waals surface area contributed by atoms with Crippen LogP contribution in [-0.4, -0.2) is 32.6 Å². The van der Waals surface area contributed by atoms with E-state index in [0.717, 1.165) is 0 Å². The monoisotopic (exact) mass is 204 g/mol. The molecule has 84 valence electrons. The zero-order valence-electron chi connectivity index (χ0n) is 9.57. The maximum absolute atomic E-state index is 11.6. The SMILES string of the molecule is CCC(C(=O)OC(C)C)C(OC)OC. The van der Waals surface area contributed by atoms with Gasteiger partial charge in [0.25, 0.3) is 0 Å². The van der Waals surface area contributed by atoms with Crippen molar-refractivity contribution in [2.45, 2.75) is 39.6 Å². The fourth-order valence-corrected chi connectivity index (χ4v) is 1.21. The van der Waals surface area contributed by atoms with Crippen LogP contribution in [0.5, 0.6) is 0 Å². The second-order valence-corrected chi connectivity index (χ2v) is 3.34. The summed E-state index contributed by atoms with van der Waals surface area (Å²) >= 11 is 0. The van der Waals surface area contributed by atoms with E-state index in [1.807, 2.05) is 20.8 Å². The molecule has 0 aromatic carbocycles. The summed E-state index contributed by atoms with van der Waals surface area (Å²) in [6.45, 7) is 5.54. The molecule has 0 rings (SSSR count). The van der Waals surface area contributed by atoms with Crippen LogP contribution in [0.15, 0.2) is 0 Å². The Labute approximate surface area is 85.5 Å². The third-order valence-electron chi connectivity index (χ3n) is 1.89. The maximum atomic E-state index is 11.6. The largest absolute Gasteiger partial charge is 0.463 e. The quantitative estimate of drug-likeness (QED) is 0.487. The first-order valence-corrected chi connectivity index (χ1v) is 4.82. The van der Waals surface area contributed by atoms with Crippen LogP contribution in [-0.2, 0) is 19.0 Å². The van der Waals surface area contributed by atoms with Crippen molar-refractivity contribution in [1.82, 2.24) is 0 Å². The molecule has 1 atom stereocenters. The second-order valence-electron chi connectivity index (χ2n) is 3.34. The maximum Gasteiger partial charge on any atom is 0.314 e. The van der Waals surface area contributed by atoms with Crippen molar-refractivity contribution in [2.75, 3.05) is 14.2 Å². The van der Waals surface area contributed by atoms with E-state index in [0.29, 0.717) is 6.42 Å². The van der Waals surface area contributed by atoms with Crippen LogP contribution in [0.3, 0.4) is 0 Å². The summed E-state index contributed by atoms with van der Waals surface area (Å²) < 4.78 is 15.2. The Hall–Kier alpha value is -0.610. The van der Waals surface area contributed by atoms with Gasteiger partial charge in [0.1, 0.15) is 5.92 Å². The zero-order chi connectivity index (χ0) is 11.1. The molecule has 0 saturated heterocycles. The minimum Gasteiger partial charge on any atom is -0.463 e. The summed E-state index contributed by atoms with van der Waals surface area (Å²) in [5, 5.41) is 0. The molecular weight excluding hydrogens is 184 g/mol. The Morgan fingerprint density at radius 1 is 1.21 bits per heavy atom. The normalized spacial score (nSPS) is 13.4. The lowest BCUT2D eigenvalue weighted by Gasteiger charge is -2.22. The van der Waals surface area contributed by atoms with Crippen LogP contribution in [0.1, 0.15) is 27.2 Å². The summed E-state index contributed by atoms with van der Waals surface area (Å²) in [4.78, 5) is 11.6. The molecule has 0 N–H and O–H groups in total. The molecule has 0 heterocycles. The third kappa shape index (κ3) is 4.07. The van der Waals surface area contributed by atoms with Gasteiger partial charge in [-0.05, 0) is 20.3 Å². The van der Waals surface area contributed by atoms with Crippen LogP contribution in [0.25, 0.3) is 0 Å². The summed E-state index contributed by atoms with van der Waals surface area (Å²) in [5.41, 5.74) is 0. The molecule has 0 saturated carbocycles. The Morgan fingerprint density at radius 3 is 2.00 bits per heavy atom. The topological polar surface area (TPSA) is 44.8 Å². The number of ether oxygens (including phenoxy) is 3. The fourth-order valence-electron chi connectivity index (χ4n) is 1.21. The molecule has 4 heteroatoms. The molecule has 4 nitrogen and oxygen atoms in total. The molecule has 1 unspecified atom stereocenters. The summed E-state index contributed by atoms with van der Waals surface area (Å²) in [5.74, 6) is -0.622. The minimum absolute atomic E-state index is 0.106. The van der Waals surface area contributed by atoms with E-state index in [1.165, 1.54) is 14.2 Å². The number of hydrogen-bond donors (Lipinski definition) is 0. The van der Waals surface area contributed by atoms with Gasteiger partial charge in [0.15, 0.2) is 6.29 Å². The molecule has 0 aromatic rings. The minimum atomic E-state index is -0.522. The van der Waals surface area contributed by atoms with E-state index in [1.54, 1.807) is 0 Å². The second kappa shape index (κ2) is 6.79. The van der Waals surface area contributed by atoms with Gasteiger partial charge < -0.3 is 14.2 Å². The zero-order valence-corrected chi connectivity index (χ0v) is 9.57. The average Bonchev–Trinajstić information content (AvgIpc) is 2.12. The Kier molecular flexibility index (Phi) is 6.49. The van der Waals surface area contributed by atoms with Crippen LogP contribution in [0.4, 0.5) is 0 Å². The standard InChI is InChI=1S/C10H20O4/c1-6-8(10(12-4)13-5)9(11)14-7(2)3/h7-8,10H,6H2,1-5H3. The Bertz CT molecular complexity index is 164. The van der Waals surface area contributed by atoms with E-state index < -0.39 is 6.29 Å². The van der Waals surface area contributed by atoms with Crippen LogP contribution < -0.4 is 0 Å². The number of hydrogen-bond acceptors (Lipinski definition) is 4. The highest BCUT2D eigenvalue weighted by atomic mass is 16.7. The van der Waals surface area contributed by atoms with Crippen molar-refractivity contribution in [3.05, 3.63) is 0 Å². The van der Waals surface area contributed by atoms with Crippen LogP contribution >= 0.6 is 0 Å². The highest BCUT2D eigenvalue weighted by molar-refractivity contribution is 5.73. The number of esters is 1. The van der Waals surface area contributed by atoms with Gasteiger partial charge in [-0.3, -0.25) is 4.79 Å². The lowest BCUT2D eigenvalue weighted by Crippen LogP contribution is -2.33. The molecular formula is C10H20O4. The molecule has 0 radical (unpaired) electrons. The van der Waals surface area contributed by atoms with E-state index in [-0.39, 0.29) is 18.0 Å². The van der Waals surface area contributed by atoms with Crippen molar-refractivity contribution >= 4 is 5.97 Å². The highest BCUT2D eigenvalue weighted by Gasteiger charge is 2.28. The van der Waals surface area contributed by atoms with E-state index in [2.05, 4.69) is 0 Å². The number of carbonyl (C=O) groups excluding carboxylic acids is 1. The summed E-state index contributed by atoms with van der Waals surface area (Å²) in [6.07, 6.45) is 0.00918. The lowest BCUT2D eigenvalue weighted by molar-refractivity contribution is -0.180.